The van der Waals surface area contributed by atoms with Gasteiger partial charge in [-0.15, -0.1) is 0 Å². The second kappa shape index (κ2) is 8.18. The summed E-state index contributed by atoms with van der Waals surface area (Å²) < 4.78 is 5.33. The lowest BCUT2D eigenvalue weighted by atomic mass is 9.50. The van der Waals surface area contributed by atoms with E-state index in [0.29, 0.717) is 11.8 Å². The molecule has 5 nitrogen and oxygen atoms in total. The van der Waals surface area contributed by atoms with Gasteiger partial charge in [0.05, 0.1) is 24.7 Å². The number of benzene rings is 2. The third-order valence-corrected chi connectivity index (χ3v) is 6.17. The Morgan fingerprint density at radius 3 is 2.31 bits per heavy atom. The highest BCUT2D eigenvalue weighted by Crippen LogP contribution is 2.57. The maximum absolute atomic E-state index is 13.2. The van der Waals surface area contributed by atoms with E-state index >= 15 is 0 Å². The number of rotatable bonds is 5. The molecule has 2 aromatic carbocycles. The average molecular weight is 391 g/mol. The monoisotopic (exact) mass is 391 g/mol. The number of aliphatic hydroxyl groups excluding tert-OH is 1. The molecule has 1 aliphatic rings. The second-order valence-electron chi connectivity index (χ2n) is 7.81. The lowest BCUT2D eigenvalue weighted by Crippen LogP contribution is -2.58. The topological polar surface area (TPSA) is 87.4 Å². The molecule has 29 heavy (non-hydrogen) atoms. The molecule has 0 amide bonds. The van der Waals surface area contributed by atoms with E-state index in [-0.39, 0.29) is 13.0 Å². The second-order valence-corrected chi connectivity index (χ2v) is 7.81. The molecule has 0 aliphatic heterocycles. The van der Waals surface area contributed by atoms with Crippen LogP contribution in [0.3, 0.4) is 0 Å². The molecule has 1 fully saturated rings. The van der Waals surface area contributed by atoms with Gasteiger partial charge in [0, 0.05) is 11.3 Å². The predicted molar refractivity (Wildman–Crippen MR) is 108 cm³/mol. The Morgan fingerprint density at radius 2 is 1.79 bits per heavy atom. The molecule has 1 N–H and O–H groups in total. The molecule has 3 rings (SSSR count). The lowest BCUT2D eigenvalue weighted by molar-refractivity contribution is -0.162. The number of carbonyl (C=O) groups excluding carboxylic acids is 2. The summed E-state index contributed by atoms with van der Waals surface area (Å²) in [7, 11) is 0. The molecule has 1 saturated carbocycles. The van der Waals surface area contributed by atoms with E-state index in [0.717, 1.165) is 5.56 Å². The third-order valence-electron chi connectivity index (χ3n) is 6.17. The maximum Gasteiger partial charge on any atom is 0.327 e. The molecule has 0 spiro atoms. The Kier molecular flexibility index (Phi) is 5.86. The van der Waals surface area contributed by atoms with Gasteiger partial charge in [0.1, 0.15) is 6.29 Å². The van der Waals surface area contributed by atoms with E-state index < -0.39 is 34.7 Å². The molecule has 0 radical (unpaired) electrons. The van der Waals surface area contributed by atoms with Gasteiger partial charge in [-0.25, -0.2) is 0 Å². The van der Waals surface area contributed by atoms with Crippen LogP contribution < -0.4 is 0 Å². The van der Waals surface area contributed by atoms with Crippen molar-refractivity contribution in [2.45, 2.75) is 37.7 Å². The van der Waals surface area contributed by atoms with Crippen molar-refractivity contribution in [2.75, 3.05) is 6.61 Å². The average Bonchev–Trinajstić information content (AvgIpc) is 2.76. The predicted octanol–water partition coefficient (Wildman–Crippen LogP) is 3.38. The molecule has 0 saturated heterocycles. The quantitative estimate of drug-likeness (QED) is 0.624. The van der Waals surface area contributed by atoms with E-state index in [1.54, 1.807) is 38.1 Å². The van der Waals surface area contributed by atoms with Crippen molar-refractivity contribution in [2.24, 2.45) is 11.3 Å². The van der Waals surface area contributed by atoms with Crippen LogP contribution >= 0.6 is 0 Å². The fourth-order valence-electron chi connectivity index (χ4n) is 4.75. The Hall–Kier alpha value is -2.97. The molecule has 0 aromatic heterocycles. The minimum atomic E-state index is -1.60. The molecule has 5 heteroatoms. The highest BCUT2D eigenvalue weighted by Gasteiger charge is 2.63. The van der Waals surface area contributed by atoms with E-state index in [2.05, 4.69) is 6.07 Å². The van der Waals surface area contributed by atoms with Gasteiger partial charge in [0.2, 0.25) is 0 Å². The molecule has 1 aliphatic carbocycles. The summed E-state index contributed by atoms with van der Waals surface area (Å²) in [5, 5.41) is 21.6. The number of esters is 1. The Labute approximate surface area is 170 Å². The minimum absolute atomic E-state index is 0.0460. The SMILES string of the molecule is CCOC(=O)[C@@]1(C#N)C[C@](C)(c2ccccc2)[C@H](O)[C@H](C=O)[C@H]1c1ccccc1. The van der Waals surface area contributed by atoms with Gasteiger partial charge in [-0.1, -0.05) is 67.6 Å². The molecular weight excluding hydrogens is 366 g/mol. The highest BCUT2D eigenvalue weighted by molar-refractivity contribution is 5.83. The summed E-state index contributed by atoms with van der Waals surface area (Å²) in [5.74, 6) is -2.41. The molecular formula is C24H25NO4. The molecule has 5 atom stereocenters. The summed E-state index contributed by atoms with van der Waals surface area (Å²) >= 11 is 0. The maximum atomic E-state index is 13.2. The summed E-state index contributed by atoms with van der Waals surface area (Å²) in [6.07, 6.45) is -0.346. The first-order chi connectivity index (χ1) is 13.9. The molecule has 0 unspecified atom stereocenters. The van der Waals surface area contributed by atoms with Crippen LogP contribution in [-0.2, 0) is 19.7 Å². The zero-order valence-electron chi connectivity index (χ0n) is 16.6. The van der Waals surface area contributed by atoms with E-state index in [1.807, 2.05) is 36.4 Å². The number of aldehydes is 1. The standard InChI is InChI=1S/C24H25NO4/c1-3-29-22(28)24(16-25)15-23(2,18-12-8-5-9-13-18)21(27)19(14-26)20(24)17-10-6-4-7-11-17/h4-14,19-21,27H,3,15H2,1-2H3/t19-,20-,21-,23-,24-/m1/s1. The van der Waals surface area contributed by atoms with Crippen LogP contribution in [0.1, 0.15) is 37.3 Å². The number of ether oxygens (including phenoxy) is 1. The van der Waals surface area contributed by atoms with Gasteiger partial charge in [0.25, 0.3) is 0 Å². The summed E-state index contributed by atoms with van der Waals surface area (Å²) in [4.78, 5) is 25.4. The van der Waals surface area contributed by atoms with Crippen molar-refractivity contribution in [3.05, 3.63) is 71.8 Å². The summed E-state index contributed by atoms with van der Waals surface area (Å²) in [5.41, 5.74) is -1.14. The van der Waals surface area contributed by atoms with Gasteiger partial charge in [-0.05, 0) is 24.5 Å². The Bertz CT molecular complexity index is 907. The van der Waals surface area contributed by atoms with Crippen molar-refractivity contribution in [3.8, 4) is 6.07 Å². The Balaban J connectivity index is 2.25. The van der Waals surface area contributed by atoms with Gasteiger partial charge < -0.3 is 14.6 Å². The first-order valence-electron chi connectivity index (χ1n) is 9.77. The van der Waals surface area contributed by atoms with Crippen LogP contribution in [0.25, 0.3) is 0 Å². The Morgan fingerprint density at radius 1 is 1.21 bits per heavy atom. The van der Waals surface area contributed by atoms with Crippen molar-refractivity contribution in [3.63, 3.8) is 0 Å². The number of hydrogen-bond acceptors (Lipinski definition) is 5. The van der Waals surface area contributed by atoms with Gasteiger partial charge in [0.15, 0.2) is 5.41 Å². The van der Waals surface area contributed by atoms with Crippen LogP contribution in [0.2, 0.25) is 0 Å². The number of nitriles is 1. The largest absolute Gasteiger partial charge is 0.465 e. The molecule has 0 bridgehead atoms. The van der Waals surface area contributed by atoms with Gasteiger partial charge in [-0.2, -0.15) is 5.26 Å². The number of hydrogen-bond donors (Lipinski definition) is 1. The molecule has 150 valence electrons. The number of nitrogens with zero attached hydrogens (tertiary/aromatic N) is 1. The zero-order chi connectivity index (χ0) is 21.1. The number of aliphatic hydroxyl groups is 1. The molecule has 2 aromatic rings. The highest BCUT2D eigenvalue weighted by atomic mass is 16.5. The first-order valence-corrected chi connectivity index (χ1v) is 9.77. The molecule has 0 heterocycles. The smallest absolute Gasteiger partial charge is 0.327 e. The van der Waals surface area contributed by atoms with Crippen LogP contribution in [0.5, 0.6) is 0 Å². The van der Waals surface area contributed by atoms with Crippen LogP contribution in [0.15, 0.2) is 60.7 Å². The van der Waals surface area contributed by atoms with Crippen molar-refractivity contribution >= 4 is 12.3 Å². The van der Waals surface area contributed by atoms with Crippen LogP contribution in [-0.4, -0.2) is 30.1 Å². The van der Waals surface area contributed by atoms with E-state index in [1.165, 1.54) is 0 Å². The normalized spacial score (nSPS) is 31.4. The van der Waals surface area contributed by atoms with Gasteiger partial charge >= 0.3 is 5.97 Å². The van der Waals surface area contributed by atoms with Crippen molar-refractivity contribution in [1.82, 2.24) is 0 Å². The summed E-state index contributed by atoms with van der Waals surface area (Å²) in [6, 6.07) is 20.4. The fraction of sp³-hybridized carbons (Fsp3) is 0.375. The van der Waals surface area contributed by atoms with E-state index in [4.69, 9.17) is 4.74 Å². The minimum Gasteiger partial charge on any atom is -0.465 e. The van der Waals surface area contributed by atoms with Crippen LogP contribution in [0, 0.1) is 22.7 Å². The van der Waals surface area contributed by atoms with Crippen LogP contribution in [0.4, 0.5) is 0 Å². The number of carbonyl (C=O) groups is 2. The van der Waals surface area contributed by atoms with Crippen molar-refractivity contribution in [1.29, 1.82) is 5.26 Å². The fourth-order valence-corrected chi connectivity index (χ4v) is 4.75. The zero-order valence-corrected chi connectivity index (χ0v) is 16.6. The van der Waals surface area contributed by atoms with E-state index in [9.17, 15) is 20.0 Å². The summed E-state index contributed by atoms with van der Waals surface area (Å²) in [6.45, 7) is 3.61. The third kappa shape index (κ3) is 3.34. The van der Waals surface area contributed by atoms with Crippen molar-refractivity contribution < 1.29 is 19.4 Å². The van der Waals surface area contributed by atoms with Gasteiger partial charge in [-0.3, -0.25) is 4.79 Å². The lowest BCUT2D eigenvalue weighted by Gasteiger charge is -2.52. The first kappa shape index (κ1) is 20.8.